The molecule has 0 aromatic heterocycles. The lowest BCUT2D eigenvalue weighted by molar-refractivity contribution is 0.0968. The number of ketones is 1. The van der Waals surface area contributed by atoms with Gasteiger partial charge < -0.3 is 10.1 Å². The van der Waals surface area contributed by atoms with Gasteiger partial charge in [0.2, 0.25) is 0 Å². The van der Waals surface area contributed by atoms with E-state index < -0.39 is 0 Å². The van der Waals surface area contributed by atoms with Crippen LogP contribution < -0.4 is 10.1 Å². The van der Waals surface area contributed by atoms with Crippen molar-refractivity contribution in [2.24, 2.45) is 0 Å². The summed E-state index contributed by atoms with van der Waals surface area (Å²) in [6, 6.07) is 6.06. The van der Waals surface area contributed by atoms with Crippen molar-refractivity contribution in [1.29, 1.82) is 0 Å². The van der Waals surface area contributed by atoms with Gasteiger partial charge in [0.25, 0.3) is 0 Å². The van der Waals surface area contributed by atoms with Crippen molar-refractivity contribution >= 4 is 5.78 Å². The highest BCUT2D eigenvalue weighted by Gasteiger charge is 2.21. The lowest BCUT2D eigenvalue weighted by Crippen LogP contribution is -2.28. The topological polar surface area (TPSA) is 38.3 Å². The third-order valence-corrected chi connectivity index (χ3v) is 3.06. The van der Waals surface area contributed by atoms with Crippen LogP contribution in [0.15, 0.2) is 18.2 Å². The maximum atomic E-state index is 12.2. The zero-order chi connectivity index (χ0) is 12.3. The summed E-state index contributed by atoms with van der Waals surface area (Å²) in [5.41, 5.74) is 1.90. The monoisotopic (exact) mass is 233 g/mol. The van der Waals surface area contributed by atoms with Crippen LogP contribution in [-0.4, -0.2) is 25.0 Å². The van der Waals surface area contributed by atoms with E-state index in [1.807, 2.05) is 32.0 Å². The first kappa shape index (κ1) is 12.1. The Balaban J connectivity index is 2.12. The van der Waals surface area contributed by atoms with Crippen molar-refractivity contribution in [3.63, 3.8) is 0 Å². The van der Waals surface area contributed by atoms with Crippen molar-refractivity contribution < 1.29 is 9.53 Å². The van der Waals surface area contributed by atoms with Gasteiger partial charge in [0.05, 0.1) is 12.2 Å². The van der Waals surface area contributed by atoms with Gasteiger partial charge in [-0.15, -0.1) is 0 Å². The summed E-state index contributed by atoms with van der Waals surface area (Å²) in [6.45, 7) is 5.66. The first-order valence-corrected chi connectivity index (χ1v) is 6.23. The zero-order valence-corrected chi connectivity index (χ0v) is 10.5. The van der Waals surface area contributed by atoms with Crippen molar-refractivity contribution in [1.82, 2.24) is 5.32 Å². The summed E-state index contributed by atoms with van der Waals surface area (Å²) in [7, 11) is 0. The number of carbonyl (C=O) groups excluding carboxylic acids is 1. The van der Waals surface area contributed by atoms with Gasteiger partial charge in [0, 0.05) is 18.9 Å². The quantitative estimate of drug-likeness (QED) is 0.792. The van der Waals surface area contributed by atoms with Crippen molar-refractivity contribution in [2.45, 2.75) is 32.7 Å². The number of hydrogen-bond donors (Lipinski definition) is 1. The number of rotatable bonds is 5. The van der Waals surface area contributed by atoms with Crippen molar-refractivity contribution in [3.05, 3.63) is 29.3 Å². The molecule has 92 valence electrons. The van der Waals surface area contributed by atoms with Crippen LogP contribution in [-0.2, 0) is 6.42 Å². The van der Waals surface area contributed by atoms with Crippen LogP contribution in [0.25, 0.3) is 0 Å². The average Bonchev–Trinajstić information content (AvgIpc) is 2.76. The van der Waals surface area contributed by atoms with E-state index in [9.17, 15) is 4.79 Å². The fourth-order valence-electron chi connectivity index (χ4n) is 2.24. The smallest absolute Gasteiger partial charge is 0.168 e. The van der Waals surface area contributed by atoms with Gasteiger partial charge in [0.1, 0.15) is 5.75 Å². The predicted molar refractivity (Wildman–Crippen MR) is 67.7 cm³/mol. The molecule has 0 saturated carbocycles. The van der Waals surface area contributed by atoms with Crippen molar-refractivity contribution in [2.75, 3.05) is 13.2 Å². The summed E-state index contributed by atoms with van der Waals surface area (Å²) < 4.78 is 5.55. The van der Waals surface area contributed by atoms with Crippen LogP contribution in [0.2, 0.25) is 0 Å². The molecule has 1 aromatic carbocycles. The Kier molecular flexibility index (Phi) is 3.79. The number of benzene rings is 1. The van der Waals surface area contributed by atoms with Crippen LogP contribution in [0.5, 0.6) is 5.75 Å². The number of ether oxygens (including phenoxy) is 1. The Bertz CT molecular complexity index is 415. The first-order valence-electron chi connectivity index (χ1n) is 6.23. The number of para-hydroxylation sites is 1. The average molecular weight is 233 g/mol. The molecule has 1 unspecified atom stereocenters. The molecule has 0 fully saturated rings. The van der Waals surface area contributed by atoms with Crippen molar-refractivity contribution in [3.8, 4) is 5.75 Å². The molecule has 0 bridgehead atoms. The second kappa shape index (κ2) is 5.32. The molecule has 1 atom stereocenters. The van der Waals surface area contributed by atoms with E-state index in [1.165, 1.54) is 0 Å². The summed E-state index contributed by atoms with van der Waals surface area (Å²) >= 11 is 0. The number of Topliss-reactive ketones (excluding diaryl/α,β-unsaturated/α-hetero) is 1. The maximum Gasteiger partial charge on any atom is 0.168 e. The minimum absolute atomic E-state index is 0.164. The number of nitrogens with one attached hydrogen (secondary N) is 1. The summed E-state index contributed by atoms with van der Waals surface area (Å²) in [5.74, 6) is 0.971. The minimum atomic E-state index is 0.164. The molecule has 0 saturated heterocycles. The third-order valence-electron chi connectivity index (χ3n) is 3.06. The van der Waals surface area contributed by atoms with Crippen LogP contribution in [0.4, 0.5) is 0 Å². The molecule has 0 aliphatic carbocycles. The molecule has 3 heteroatoms. The Morgan fingerprint density at radius 1 is 1.53 bits per heavy atom. The van der Waals surface area contributed by atoms with E-state index in [4.69, 9.17) is 4.74 Å². The lowest BCUT2D eigenvalue weighted by atomic mass is 10.0. The molecule has 0 radical (unpaired) electrons. The van der Waals surface area contributed by atoms with Gasteiger partial charge in [-0.2, -0.15) is 0 Å². The van der Waals surface area contributed by atoms with E-state index in [2.05, 4.69) is 5.32 Å². The molecule has 1 heterocycles. The molecule has 1 aromatic rings. The van der Waals surface area contributed by atoms with Gasteiger partial charge in [-0.1, -0.05) is 19.1 Å². The van der Waals surface area contributed by atoms with E-state index >= 15 is 0 Å². The molecule has 1 aliphatic heterocycles. The summed E-state index contributed by atoms with van der Waals surface area (Å²) in [6.07, 6.45) is 1.44. The summed E-state index contributed by atoms with van der Waals surface area (Å²) in [5, 5.41) is 3.25. The normalized spacial score (nSPS) is 15.2. The second-order valence-corrected chi connectivity index (χ2v) is 4.48. The molecule has 1 N–H and O–H groups in total. The molecule has 0 amide bonds. The van der Waals surface area contributed by atoms with E-state index in [1.54, 1.807) is 0 Å². The van der Waals surface area contributed by atoms with Gasteiger partial charge in [-0.25, -0.2) is 0 Å². The third kappa shape index (κ3) is 2.67. The fraction of sp³-hybridized carbons (Fsp3) is 0.500. The Morgan fingerprint density at radius 3 is 3.12 bits per heavy atom. The van der Waals surface area contributed by atoms with Crippen LogP contribution in [0.1, 0.15) is 36.2 Å². The Morgan fingerprint density at radius 2 is 2.35 bits per heavy atom. The van der Waals surface area contributed by atoms with E-state index in [-0.39, 0.29) is 11.8 Å². The molecule has 0 spiro atoms. The maximum absolute atomic E-state index is 12.2. The van der Waals surface area contributed by atoms with Gasteiger partial charge >= 0.3 is 0 Å². The molecular weight excluding hydrogens is 214 g/mol. The zero-order valence-electron chi connectivity index (χ0n) is 10.5. The van der Waals surface area contributed by atoms with Crippen LogP contribution in [0, 0.1) is 0 Å². The Hall–Kier alpha value is -1.35. The van der Waals surface area contributed by atoms with E-state index in [0.29, 0.717) is 13.0 Å². The highest BCUT2D eigenvalue weighted by molar-refractivity contribution is 5.99. The SMILES string of the molecule is CCNC(C)CC(=O)c1cccc2c1OCC2. The van der Waals surface area contributed by atoms with Gasteiger partial charge in [-0.05, 0) is 25.1 Å². The first-order chi connectivity index (χ1) is 8.22. The molecule has 2 rings (SSSR count). The Labute approximate surface area is 102 Å². The van der Waals surface area contributed by atoms with E-state index in [0.717, 1.165) is 29.8 Å². The molecular formula is C14H19NO2. The standard InChI is InChI=1S/C14H19NO2/c1-3-15-10(2)9-13(16)12-6-4-5-11-7-8-17-14(11)12/h4-6,10,15H,3,7-9H2,1-2H3. The van der Waals surface area contributed by atoms with Gasteiger partial charge in [-0.3, -0.25) is 4.79 Å². The number of hydrogen-bond acceptors (Lipinski definition) is 3. The number of carbonyl (C=O) groups is 1. The second-order valence-electron chi connectivity index (χ2n) is 4.48. The molecule has 17 heavy (non-hydrogen) atoms. The van der Waals surface area contributed by atoms with Crippen LogP contribution >= 0.6 is 0 Å². The van der Waals surface area contributed by atoms with Crippen LogP contribution in [0.3, 0.4) is 0 Å². The number of fused-ring (bicyclic) bond motifs is 1. The highest BCUT2D eigenvalue weighted by Crippen LogP contribution is 2.30. The lowest BCUT2D eigenvalue weighted by Gasteiger charge is -2.12. The fourth-order valence-corrected chi connectivity index (χ4v) is 2.24. The largest absolute Gasteiger partial charge is 0.492 e. The minimum Gasteiger partial charge on any atom is -0.492 e. The summed E-state index contributed by atoms with van der Waals surface area (Å²) in [4.78, 5) is 12.2. The highest BCUT2D eigenvalue weighted by atomic mass is 16.5. The van der Waals surface area contributed by atoms with Gasteiger partial charge in [0.15, 0.2) is 5.78 Å². The molecule has 1 aliphatic rings. The predicted octanol–water partition coefficient (Wildman–Crippen LogP) is 2.19. The molecule has 3 nitrogen and oxygen atoms in total.